The van der Waals surface area contributed by atoms with Crippen LogP contribution in [0.25, 0.3) is 0 Å². The Morgan fingerprint density at radius 2 is 2.26 bits per heavy atom. The van der Waals surface area contributed by atoms with E-state index in [0.717, 1.165) is 48.9 Å². The van der Waals surface area contributed by atoms with Crippen LogP contribution in [0.1, 0.15) is 54.0 Å². The average molecular weight is 446 g/mol. The number of aromatic nitrogens is 2. The van der Waals surface area contributed by atoms with Crippen LogP contribution >= 0.6 is 0 Å². The monoisotopic (exact) mass is 445 g/mol. The number of anilines is 1. The van der Waals surface area contributed by atoms with Gasteiger partial charge in [0.1, 0.15) is 11.5 Å². The van der Waals surface area contributed by atoms with E-state index < -0.39 is 15.9 Å². The molecule has 0 fully saturated rings. The van der Waals surface area contributed by atoms with Crippen LogP contribution < -0.4 is 15.2 Å². The molecule has 2 amide bonds. The summed E-state index contributed by atoms with van der Waals surface area (Å²) in [5.74, 6) is 0.537. The van der Waals surface area contributed by atoms with Crippen molar-refractivity contribution in [2.24, 2.45) is 9.50 Å². The number of methoxy groups -OCH3 is 1. The molecule has 3 N–H and O–H groups in total. The standard InChI is InChI=1S/C21H27N5O4S/c1-12-10-30-20-17(9-23-26(12)20)31(22,28)25-21(27)24-19-16-5-3-4-13(16)8-14-6-7-15(11-29-2)18(14)19/h8-9,12,15H,3-7,10-11H2,1-2H3,(H3,22,24,25,27,28)/t12-,15-,31-/m0/s1. The first kappa shape index (κ1) is 20.5. The van der Waals surface area contributed by atoms with Gasteiger partial charge in [-0.3, -0.25) is 0 Å². The van der Waals surface area contributed by atoms with E-state index in [1.807, 2.05) is 6.92 Å². The molecule has 3 aliphatic rings. The zero-order valence-electron chi connectivity index (χ0n) is 17.7. The fourth-order valence-electron chi connectivity index (χ4n) is 5.04. The van der Waals surface area contributed by atoms with Gasteiger partial charge in [0.15, 0.2) is 9.92 Å². The van der Waals surface area contributed by atoms with Gasteiger partial charge in [0.2, 0.25) is 5.88 Å². The van der Waals surface area contributed by atoms with E-state index in [1.165, 1.54) is 17.3 Å². The highest BCUT2D eigenvalue weighted by Gasteiger charge is 2.32. The van der Waals surface area contributed by atoms with E-state index in [9.17, 15) is 9.00 Å². The van der Waals surface area contributed by atoms with Crippen molar-refractivity contribution in [1.82, 2.24) is 9.78 Å². The lowest BCUT2D eigenvalue weighted by Gasteiger charge is -2.19. The maximum Gasteiger partial charge on any atom is 0.354 e. The summed E-state index contributed by atoms with van der Waals surface area (Å²) in [7, 11) is -1.82. The number of nitrogens with zero attached hydrogens (tertiary/aromatic N) is 3. The minimum Gasteiger partial charge on any atom is -0.475 e. The average Bonchev–Trinajstić information content (AvgIpc) is 3.47. The number of hydrogen-bond donors (Lipinski definition) is 2. The highest BCUT2D eigenvalue weighted by molar-refractivity contribution is 7.91. The summed E-state index contributed by atoms with van der Waals surface area (Å²) in [6.07, 6.45) is 6.28. The summed E-state index contributed by atoms with van der Waals surface area (Å²) in [4.78, 5) is 13.1. The molecule has 2 heterocycles. The van der Waals surface area contributed by atoms with Gasteiger partial charge in [-0.2, -0.15) is 5.10 Å². The predicted octanol–water partition coefficient (Wildman–Crippen LogP) is 2.93. The SMILES string of the molecule is COC[C@@H]1CCc2cc3c(c(NC(=O)N=[S@](N)(=O)c4cnn5c4OC[C@@H]5C)c21)CCC3. The number of aryl methyl sites for hydroxylation is 2. The van der Waals surface area contributed by atoms with E-state index in [0.29, 0.717) is 19.1 Å². The molecule has 3 atom stereocenters. The third-order valence-corrected chi connectivity index (χ3v) is 7.77. The van der Waals surface area contributed by atoms with Crippen LogP contribution in [0, 0.1) is 0 Å². The zero-order valence-corrected chi connectivity index (χ0v) is 18.5. The number of carbonyl (C=O) groups is 1. The Labute approximate surface area is 181 Å². The lowest BCUT2D eigenvalue weighted by Crippen LogP contribution is -2.19. The lowest BCUT2D eigenvalue weighted by molar-refractivity contribution is 0.179. The van der Waals surface area contributed by atoms with Crippen molar-refractivity contribution in [3.63, 3.8) is 0 Å². The van der Waals surface area contributed by atoms with E-state index in [4.69, 9.17) is 14.6 Å². The molecule has 10 heteroatoms. The number of amides is 2. The molecule has 1 aromatic heterocycles. The second kappa shape index (κ2) is 7.61. The number of urea groups is 1. The summed E-state index contributed by atoms with van der Waals surface area (Å²) in [6, 6.07) is 1.57. The molecule has 0 unspecified atom stereocenters. The molecule has 31 heavy (non-hydrogen) atoms. The van der Waals surface area contributed by atoms with Gasteiger partial charge in [0.25, 0.3) is 0 Å². The Balaban J connectivity index is 1.50. The van der Waals surface area contributed by atoms with Crippen molar-refractivity contribution < 1.29 is 18.5 Å². The van der Waals surface area contributed by atoms with Crippen molar-refractivity contribution in [3.05, 3.63) is 34.5 Å². The molecular formula is C21H27N5O4S. The number of nitrogens with two attached hydrogens (primary N) is 1. The van der Waals surface area contributed by atoms with Gasteiger partial charge < -0.3 is 14.8 Å². The molecule has 2 aromatic rings. The van der Waals surface area contributed by atoms with Gasteiger partial charge in [-0.25, -0.2) is 18.8 Å². The number of rotatable bonds is 4. The van der Waals surface area contributed by atoms with Gasteiger partial charge in [0.05, 0.1) is 18.8 Å². The predicted molar refractivity (Wildman–Crippen MR) is 116 cm³/mol. The smallest absolute Gasteiger partial charge is 0.354 e. The maximum absolute atomic E-state index is 13.1. The van der Waals surface area contributed by atoms with E-state index in [1.54, 1.807) is 11.8 Å². The molecule has 0 saturated carbocycles. The topological polar surface area (TPSA) is 121 Å². The van der Waals surface area contributed by atoms with Crippen LogP contribution in [0.2, 0.25) is 0 Å². The first-order valence-electron chi connectivity index (χ1n) is 10.6. The van der Waals surface area contributed by atoms with Crippen molar-refractivity contribution in [2.75, 3.05) is 25.6 Å². The number of hydrogen-bond acceptors (Lipinski definition) is 5. The summed E-state index contributed by atoms with van der Waals surface area (Å²) in [5, 5.41) is 13.1. The van der Waals surface area contributed by atoms with Crippen LogP contribution in [0.4, 0.5) is 10.5 Å². The van der Waals surface area contributed by atoms with E-state index in [-0.39, 0.29) is 16.9 Å². The third-order valence-electron chi connectivity index (χ3n) is 6.43. The molecule has 1 aromatic carbocycles. The van der Waals surface area contributed by atoms with Crippen molar-refractivity contribution in [3.8, 4) is 5.88 Å². The Morgan fingerprint density at radius 1 is 1.42 bits per heavy atom. The minimum atomic E-state index is -3.51. The Hall–Kier alpha value is -2.43. The number of ether oxygens (including phenoxy) is 2. The highest BCUT2D eigenvalue weighted by Crippen LogP contribution is 2.44. The molecule has 166 valence electrons. The van der Waals surface area contributed by atoms with E-state index in [2.05, 4.69) is 20.8 Å². The first-order chi connectivity index (χ1) is 14.9. The molecular weight excluding hydrogens is 418 g/mol. The van der Waals surface area contributed by atoms with E-state index >= 15 is 0 Å². The van der Waals surface area contributed by atoms with Gasteiger partial charge in [0, 0.05) is 18.7 Å². The Morgan fingerprint density at radius 3 is 3.06 bits per heavy atom. The summed E-state index contributed by atoms with van der Waals surface area (Å²) in [5.41, 5.74) is 5.61. The normalized spacial score (nSPS) is 22.9. The molecule has 1 aliphatic heterocycles. The minimum absolute atomic E-state index is 0.0139. The largest absolute Gasteiger partial charge is 0.475 e. The third kappa shape index (κ3) is 3.42. The molecule has 0 bridgehead atoms. The summed E-state index contributed by atoms with van der Waals surface area (Å²) >= 11 is 0. The zero-order chi connectivity index (χ0) is 21.8. The molecule has 5 rings (SSSR count). The Bertz CT molecular complexity index is 1180. The van der Waals surface area contributed by atoms with Crippen LogP contribution in [0.15, 0.2) is 21.5 Å². The molecule has 2 aliphatic carbocycles. The van der Waals surface area contributed by atoms with Crippen molar-refractivity contribution >= 4 is 21.6 Å². The van der Waals surface area contributed by atoms with Crippen LogP contribution in [0.3, 0.4) is 0 Å². The van der Waals surface area contributed by atoms with Crippen LogP contribution in [-0.4, -0.2) is 40.3 Å². The molecule has 0 radical (unpaired) electrons. The van der Waals surface area contributed by atoms with Gasteiger partial charge >= 0.3 is 6.03 Å². The quantitative estimate of drug-likeness (QED) is 0.749. The number of benzene rings is 1. The molecule has 0 saturated heterocycles. The first-order valence-corrected chi connectivity index (χ1v) is 12.2. The van der Waals surface area contributed by atoms with Gasteiger partial charge in [-0.15, -0.1) is 4.36 Å². The van der Waals surface area contributed by atoms with Crippen LogP contribution in [-0.2, 0) is 33.9 Å². The van der Waals surface area contributed by atoms with Crippen molar-refractivity contribution in [2.45, 2.75) is 55.9 Å². The second-order valence-electron chi connectivity index (χ2n) is 8.52. The molecule has 9 nitrogen and oxygen atoms in total. The fourth-order valence-corrected chi connectivity index (χ4v) is 6.03. The highest BCUT2D eigenvalue weighted by atomic mass is 32.2. The summed E-state index contributed by atoms with van der Waals surface area (Å²) < 4.78 is 29.6. The number of fused-ring (bicyclic) bond motifs is 3. The number of nitrogens with one attached hydrogen (secondary N) is 1. The summed E-state index contributed by atoms with van der Waals surface area (Å²) in [6.45, 7) is 2.95. The maximum atomic E-state index is 13.1. The fraction of sp³-hybridized carbons (Fsp3) is 0.524. The Kier molecular flexibility index (Phi) is 5.03. The molecule has 0 spiro atoms. The second-order valence-corrected chi connectivity index (χ2v) is 10.3. The van der Waals surface area contributed by atoms with Gasteiger partial charge in [-0.1, -0.05) is 6.07 Å². The lowest BCUT2D eigenvalue weighted by atomic mass is 9.94. The number of carbonyl (C=O) groups excluding carboxylic acids is 1. The van der Waals surface area contributed by atoms with Crippen molar-refractivity contribution in [1.29, 1.82) is 0 Å². The van der Waals surface area contributed by atoms with Crippen LogP contribution in [0.5, 0.6) is 5.88 Å². The van der Waals surface area contributed by atoms with Gasteiger partial charge in [-0.05, 0) is 61.3 Å².